The van der Waals surface area contributed by atoms with Crippen LogP contribution >= 0.6 is 23.2 Å². The van der Waals surface area contributed by atoms with Crippen LogP contribution in [0.3, 0.4) is 0 Å². The molecule has 8 nitrogen and oxygen atoms in total. The molecule has 0 atom stereocenters. The number of azo groups is 1. The van der Waals surface area contributed by atoms with E-state index in [-0.39, 0.29) is 21.4 Å². The molecule has 0 N–H and O–H groups in total. The first-order chi connectivity index (χ1) is 16.3. The Morgan fingerprint density at radius 3 is 2.29 bits per heavy atom. The molecule has 1 heterocycles. The summed E-state index contributed by atoms with van der Waals surface area (Å²) in [4.78, 5) is 12.6. The number of halogens is 2. The van der Waals surface area contributed by atoms with Crippen molar-refractivity contribution in [3.05, 3.63) is 86.6 Å². The van der Waals surface area contributed by atoms with Crippen LogP contribution in [0.1, 0.15) is 12.5 Å². The summed E-state index contributed by atoms with van der Waals surface area (Å²) >= 11 is 15.9. The number of nitriles is 1. The van der Waals surface area contributed by atoms with Gasteiger partial charge < -0.3 is 17.5 Å². The lowest BCUT2D eigenvalue weighted by Crippen LogP contribution is -2.40. The first-order valence-corrected chi connectivity index (χ1v) is 11.3. The largest absolute Gasteiger partial charge is 0.696 e. The van der Waals surface area contributed by atoms with Gasteiger partial charge in [-0.2, -0.15) is 5.11 Å². The Bertz CT molecular complexity index is 1180. The smallest absolute Gasteiger partial charge is 0.272 e. The van der Waals surface area contributed by atoms with Gasteiger partial charge in [-0.1, -0.05) is 34.7 Å². The number of likely N-dealkylation sites (N-methyl/N-ethyl adjacent to an activating group) is 1. The lowest BCUT2D eigenvalue weighted by atomic mass is 10.1. The molecule has 3 rings (SSSR count). The fourth-order valence-corrected chi connectivity index (χ4v) is 3.65. The van der Waals surface area contributed by atoms with Gasteiger partial charge in [-0.3, -0.25) is 10.1 Å². The number of pyridine rings is 1. The Morgan fingerprint density at radius 2 is 1.76 bits per heavy atom. The second kappa shape index (κ2) is 13.4. The molecule has 0 saturated carbocycles. The molecule has 2 aromatic carbocycles. The van der Waals surface area contributed by atoms with E-state index in [2.05, 4.69) is 57.7 Å². The highest BCUT2D eigenvalue weighted by molar-refractivity contribution is 7.64. The molecule has 0 aliphatic rings. The second-order valence-electron chi connectivity index (χ2n) is 6.97. The lowest BCUT2D eigenvalue weighted by Gasteiger charge is -2.22. The van der Waals surface area contributed by atoms with Crippen molar-refractivity contribution in [1.29, 1.82) is 5.26 Å². The van der Waals surface area contributed by atoms with Crippen molar-refractivity contribution >= 4 is 58.6 Å². The van der Waals surface area contributed by atoms with Crippen LogP contribution in [-0.4, -0.2) is 18.0 Å². The van der Waals surface area contributed by atoms with Crippen LogP contribution in [0.5, 0.6) is 0 Å². The van der Waals surface area contributed by atoms with Crippen LogP contribution in [0, 0.1) is 27.7 Å². The maximum absolute atomic E-state index is 10.9. The van der Waals surface area contributed by atoms with Gasteiger partial charge in [0.25, 0.3) is 5.69 Å². The Morgan fingerprint density at radius 1 is 1.15 bits per heavy atom. The number of hydrogen-bond acceptors (Lipinski definition) is 7. The summed E-state index contributed by atoms with van der Waals surface area (Å²) in [5, 5.41) is 27.9. The van der Waals surface area contributed by atoms with E-state index in [1.807, 2.05) is 37.3 Å². The number of rotatable bonds is 8. The van der Waals surface area contributed by atoms with Crippen LogP contribution in [0.2, 0.25) is 10.0 Å². The summed E-state index contributed by atoms with van der Waals surface area (Å²) in [6.07, 6.45) is 4.11. The van der Waals surface area contributed by atoms with E-state index in [0.29, 0.717) is 5.69 Å². The van der Waals surface area contributed by atoms with Crippen LogP contribution in [0.4, 0.5) is 22.7 Å². The number of non-ortho nitro benzene ring substituents is 1. The molecular formula is C23H22Cl2N6O2S. The summed E-state index contributed by atoms with van der Waals surface area (Å²) in [6, 6.07) is 14.4. The molecule has 0 saturated heterocycles. The third-order valence-electron chi connectivity index (χ3n) is 4.80. The van der Waals surface area contributed by atoms with Crippen molar-refractivity contribution in [3.8, 4) is 5.40 Å². The number of anilines is 1. The minimum atomic E-state index is -0.558. The molecule has 34 heavy (non-hydrogen) atoms. The normalized spacial score (nSPS) is 10.3. The van der Waals surface area contributed by atoms with Gasteiger partial charge in [0.05, 0.1) is 27.2 Å². The molecule has 11 heteroatoms. The van der Waals surface area contributed by atoms with Crippen molar-refractivity contribution in [3.63, 3.8) is 0 Å². The maximum Gasteiger partial charge on any atom is 0.272 e. The van der Waals surface area contributed by atoms with Gasteiger partial charge >= 0.3 is 0 Å². The number of nitrogens with zero attached hydrogens (tertiary/aromatic N) is 6. The number of benzene rings is 2. The highest BCUT2D eigenvalue weighted by Gasteiger charge is 2.15. The molecule has 0 unspecified atom stereocenters. The highest BCUT2D eigenvalue weighted by Crippen LogP contribution is 2.38. The SMILES string of the molecule is CCN(CC[n+]1ccccc1)c1ccc(N=Nc2c(Cl)cc([N+](=O)[O-])cc2Cl)c(C)c1.N#C[S-]. The van der Waals surface area contributed by atoms with E-state index in [4.69, 9.17) is 28.5 Å². The molecule has 0 aliphatic heterocycles. The van der Waals surface area contributed by atoms with Gasteiger partial charge in [0, 0.05) is 36.5 Å². The zero-order chi connectivity index (χ0) is 25.1. The third kappa shape index (κ3) is 7.63. The van der Waals surface area contributed by atoms with Gasteiger partial charge in [-0.15, -0.1) is 5.11 Å². The van der Waals surface area contributed by atoms with Crippen molar-refractivity contribution in [2.24, 2.45) is 10.2 Å². The minimum Gasteiger partial charge on any atom is -0.696 e. The lowest BCUT2D eigenvalue weighted by molar-refractivity contribution is -0.694. The van der Waals surface area contributed by atoms with Crippen molar-refractivity contribution < 1.29 is 9.49 Å². The molecule has 176 valence electrons. The second-order valence-corrected chi connectivity index (χ2v) is 7.97. The van der Waals surface area contributed by atoms with E-state index in [9.17, 15) is 10.1 Å². The number of aryl methyl sites for hydroxylation is 1. The van der Waals surface area contributed by atoms with Crippen molar-refractivity contribution in [2.45, 2.75) is 20.4 Å². The first-order valence-electron chi connectivity index (χ1n) is 10.2. The summed E-state index contributed by atoms with van der Waals surface area (Å²) in [6.45, 7) is 6.71. The topological polar surface area (TPSA) is 98.8 Å². The summed E-state index contributed by atoms with van der Waals surface area (Å²) in [7, 11) is 0. The number of thiocyanates is 1. The zero-order valence-corrected chi connectivity index (χ0v) is 20.9. The zero-order valence-electron chi connectivity index (χ0n) is 18.6. The van der Waals surface area contributed by atoms with Crippen LogP contribution in [-0.2, 0) is 19.2 Å². The van der Waals surface area contributed by atoms with Crippen molar-refractivity contribution in [1.82, 2.24) is 0 Å². The molecular weight excluding hydrogens is 495 g/mol. The fraction of sp³-hybridized carbons (Fsp3) is 0.217. The van der Waals surface area contributed by atoms with Gasteiger partial charge in [0.2, 0.25) is 0 Å². The molecule has 0 spiro atoms. The van der Waals surface area contributed by atoms with E-state index in [1.54, 1.807) is 0 Å². The average molecular weight is 517 g/mol. The van der Waals surface area contributed by atoms with Crippen LogP contribution < -0.4 is 9.47 Å². The number of aromatic nitrogens is 1. The number of nitro groups is 1. The summed E-state index contributed by atoms with van der Waals surface area (Å²) in [5.41, 5.74) is 2.72. The Kier molecular flexibility index (Phi) is 10.6. The molecule has 0 aliphatic carbocycles. The highest BCUT2D eigenvalue weighted by atomic mass is 35.5. The predicted octanol–water partition coefficient (Wildman–Crippen LogP) is 6.45. The monoisotopic (exact) mass is 516 g/mol. The first kappa shape index (κ1) is 26.9. The minimum absolute atomic E-state index is 0.0767. The van der Waals surface area contributed by atoms with Gasteiger partial charge in [-0.05, 0) is 37.6 Å². The maximum atomic E-state index is 10.9. The number of hydrogen-bond donors (Lipinski definition) is 0. The standard InChI is InChI=1S/C22H22Cl2N5O2.CHNS/c1-3-28(12-11-27-9-5-4-6-10-27)17-7-8-21(16(2)13-17)25-26-22-19(23)14-18(29(30)31)15-20(22)24;2-1-3/h4-10,13-15H,3,11-12H2,1-2H3;3H/q+1;/p-1. The Labute approximate surface area is 213 Å². The Balaban J connectivity index is 0.00000129. The summed E-state index contributed by atoms with van der Waals surface area (Å²) < 4.78 is 2.15. The van der Waals surface area contributed by atoms with Gasteiger partial charge in [-0.25, -0.2) is 9.83 Å². The van der Waals surface area contributed by atoms with E-state index >= 15 is 0 Å². The molecule has 3 aromatic rings. The van der Waals surface area contributed by atoms with E-state index in [0.717, 1.165) is 30.9 Å². The third-order valence-corrected chi connectivity index (χ3v) is 5.38. The quantitative estimate of drug-likeness (QED) is 0.0854. The van der Waals surface area contributed by atoms with E-state index < -0.39 is 4.92 Å². The summed E-state index contributed by atoms with van der Waals surface area (Å²) in [5.74, 6) is 0. The number of nitro benzene ring substituents is 1. The van der Waals surface area contributed by atoms with Crippen LogP contribution in [0.15, 0.2) is 71.2 Å². The van der Waals surface area contributed by atoms with Gasteiger partial charge in [0.15, 0.2) is 18.9 Å². The van der Waals surface area contributed by atoms with Crippen LogP contribution in [0.25, 0.3) is 0 Å². The molecule has 0 amide bonds. The molecule has 0 radical (unpaired) electrons. The van der Waals surface area contributed by atoms with E-state index in [1.165, 1.54) is 17.5 Å². The molecule has 0 bridgehead atoms. The predicted molar refractivity (Wildman–Crippen MR) is 136 cm³/mol. The fourth-order valence-electron chi connectivity index (χ4n) is 3.09. The average Bonchev–Trinajstić information content (AvgIpc) is 2.81. The molecule has 1 aromatic heterocycles. The Hall–Kier alpha value is -3.32. The van der Waals surface area contributed by atoms with Gasteiger partial charge in [0.1, 0.15) is 5.69 Å². The molecule has 0 fully saturated rings. The van der Waals surface area contributed by atoms with Crippen molar-refractivity contribution in [2.75, 3.05) is 18.0 Å².